The van der Waals surface area contributed by atoms with Crippen molar-refractivity contribution in [1.29, 1.82) is 0 Å². The fraction of sp³-hybridized carbons (Fsp3) is 0.441. The molecule has 3 aliphatic rings. The summed E-state index contributed by atoms with van der Waals surface area (Å²) in [6.45, 7) is 4.94. The van der Waals surface area contributed by atoms with Crippen LogP contribution < -0.4 is 9.64 Å². The largest absolute Gasteiger partial charge is 0.496 e. The van der Waals surface area contributed by atoms with Crippen LogP contribution in [-0.2, 0) is 33.2 Å². The van der Waals surface area contributed by atoms with Gasteiger partial charge in [0.15, 0.2) is 0 Å². The number of esters is 1. The number of benzene rings is 2. The Labute approximate surface area is 272 Å². The van der Waals surface area contributed by atoms with Crippen molar-refractivity contribution in [3.63, 3.8) is 0 Å². The number of methoxy groups -OCH3 is 1. The first-order valence-corrected chi connectivity index (χ1v) is 15.6. The summed E-state index contributed by atoms with van der Waals surface area (Å²) in [6.07, 6.45) is -10.8. The topological polar surface area (TPSA) is 81.2 Å². The number of carbonyl (C=O) groups excluding carboxylic acids is 2. The average molecular weight is 678 g/mol. The number of hydrogen-bond acceptors (Lipinski definition) is 7. The first kappa shape index (κ1) is 33.4. The van der Waals surface area contributed by atoms with E-state index in [1.165, 1.54) is 18.9 Å². The number of hydrogen-bond donors (Lipinski definition) is 0. The van der Waals surface area contributed by atoms with Gasteiger partial charge in [-0.15, -0.1) is 0 Å². The number of alkyl halides is 6. The van der Waals surface area contributed by atoms with Gasteiger partial charge in [-0.05, 0) is 86.2 Å². The summed E-state index contributed by atoms with van der Waals surface area (Å²) >= 11 is 0. The van der Waals surface area contributed by atoms with Crippen molar-refractivity contribution in [3.05, 3.63) is 76.5 Å². The van der Waals surface area contributed by atoms with Crippen LogP contribution in [0.2, 0.25) is 0 Å². The second-order valence-electron chi connectivity index (χ2n) is 12.2. The fourth-order valence-corrected chi connectivity index (χ4v) is 6.28. The number of halogens is 6. The van der Waals surface area contributed by atoms with E-state index < -0.39 is 47.3 Å². The van der Waals surface area contributed by atoms with Crippen molar-refractivity contribution >= 4 is 17.9 Å². The molecule has 256 valence electrons. The SMILES string of the molecule is CCOC(=O)[C@@H]1C[C@H]1c1ccc(OC)c(-c2ccc(N3CCC3)nc2CN2C(=O)O[C@H](c3cc(C(F)(F)F)cc(C(F)(F)F)c3)[C@@H]2C)c1. The smallest absolute Gasteiger partial charge is 0.416 e. The molecule has 1 saturated carbocycles. The van der Waals surface area contributed by atoms with Gasteiger partial charge in [0, 0.05) is 24.2 Å². The molecule has 0 bridgehead atoms. The summed E-state index contributed by atoms with van der Waals surface area (Å²) < 4.78 is 98.0. The van der Waals surface area contributed by atoms with Gasteiger partial charge in [-0.3, -0.25) is 9.69 Å². The van der Waals surface area contributed by atoms with Gasteiger partial charge >= 0.3 is 24.4 Å². The molecule has 0 spiro atoms. The normalized spacial score (nSPS) is 22.3. The molecule has 1 aliphatic carbocycles. The molecular formula is C34H33F6N3O5. The Hall–Kier alpha value is -4.49. The number of amides is 1. The average Bonchev–Trinajstić information content (AvgIpc) is 3.76. The number of nitrogens with zero attached hydrogens (tertiary/aromatic N) is 3. The summed E-state index contributed by atoms with van der Waals surface area (Å²) in [6, 6.07) is 9.51. The zero-order valence-electron chi connectivity index (χ0n) is 26.3. The highest BCUT2D eigenvalue weighted by Gasteiger charge is 2.46. The van der Waals surface area contributed by atoms with Gasteiger partial charge in [-0.25, -0.2) is 9.78 Å². The molecule has 3 fully saturated rings. The predicted molar refractivity (Wildman–Crippen MR) is 161 cm³/mol. The maximum atomic E-state index is 13.6. The monoisotopic (exact) mass is 677 g/mol. The Morgan fingerprint density at radius 3 is 2.23 bits per heavy atom. The van der Waals surface area contributed by atoms with Gasteiger partial charge in [0.05, 0.1) is 49.0 Å². The van der Waals surface area contributed by atoms with E-state index in [0.717, 1.165) is 25.1 Å². The zero-order chi connectivity index (χ0) is 34.5. The second kappa shape index (κ2) is 12.5. The predicted octanol–water partition coefficient (Wildman–Crippen LogP) is 7.75. The number of cyclic esters (lactones) is 1. The van der Waals surface area contributed by atoms with Gasteiger partial charge in [-0.2, -0.15) is 26.3 Å². The van der Waals surface area contributed by atoms with Gasteiger partial charge < -0.3 is 19.1 Å². The number of aromatic nitrogens is 1. The zero-order valence-corrected chi connectivity index (χ0v) is 26.3. The van der Waals surface area contributed by atoms with Crippen molar-refractivity contribution in [2.24, 2.45) is 5.92 Å². The molecule has 0 radical (unpaired) electrons. The maximum absolute atomic E-state index is 13.6. The minimum atomic E-state index is -5.05. The standard InChI is InChI=1S/C34H33F6N3O5/c1-4-47-31(44)26-16-24(26)19-6-8-28(46-3)25(14-19)23-7-9-29(42-10-5-11-42)41-27(23)17-43-18(2)30(48-32(43)45)20-12-21(33(35,36)37)15-22(13-20)34(38,39)40/h6-9,12-15,18,24,26,30H,4-5,10-11,16-17H2,1-3H3/t18-,24-,26+,30-/m0/s1. The Morgan fingerprint density at radius 1 is 0.958 bits per heavy atom. The van der Waals surface area contributed by atoms with Crippen LogP contribution in [0.3, 0.4) is 0 Å². The van der Waals surface area contributed by atoms with E-state index in [9.17, 15) is 35.9 Å². The lowest BCUT2D eigenvalue weighted by molar-refractivity contribution is -0.145. The van der Waals surface area contributed by atoms with Crippen LogP contribution in [0.4, 0.5) is 37.0 Å². The molecule has 3 aromatic rings. The number of rotatable bonds is 9. The Morgan fingerprint density at radius 2 is 1.65 bits per heavy atom. The fourth-order valence-electron chi connectivity index (χ4n) is 6.28. The Bertz CT molecular complexity index is 1690. The Kier molecular flexibility index (Phi) is 8.71. The molecule has 48 heavy (non-hydrogen) atoms. The lowest BCUT2D eigenvalue weighted by Gasteiger charge is -2.33. The van der Waals surface area contributed by atoms with Gasteiger partial charge in [0.25, 0.3) is 0 Å². The molecule has 3 heterocycles. The van der Waals surface area contributed by atoms with Crippen LogP contribution in [0, 0.1) is 5.92 Å². The van der Waals surface area contributed by atoms with E-state index in [-0.39, 0.29) is 37.0 Å². The highest BCUT2D eigenvalue weighted by atomic mass is 19.4. The lowest BCUT2D eigenvalue weighted by Crippen LogP contribution is -2.38. The molecular weight excluding hydrogens is 644 g/mol. The van der Waals surface area contributed by atoms with E-state index in [4.69, 9.17) is 19.2 Å². The van der Waals surface area contributed by atoms with Crippen molar-refractivity contribution < 1.29 is 50.1 Å². The molecule has 2 aliphatic heterocycles. The summed E-state index contributed by atoms with van der Waals surface area (Å²) in [5.41, 5.74) is -0.836. The number of anilines is 1. The summed E-state index contributed by atoms with van der Waals surface area (Å²) in [7, 11) is 1.51. The third kappa shape index (κ3) is 6.48. The Balaban J connectivity index is 1.36. The van der Waals surface area contributed by atoms with Crippen LogP contribution in [0.5, 0.6) is 5.75 Å². The third-order valence-electron chi connectivity index (χ3n) is 9.11. The van der Waals surface area contributed by atoms with Crippen LogP contribution in [-0.4, -0.2) is 54.8 Å². The molecule has 4 atom stereocenters. The van der Waals surface area contributed by atoms with Crippen molar-refractivity contribution in [2.45, 2.75) is 63.7 Å². The summed E-state index contributed by atoms with van der Waals surface area (Å²) in [5.74, 6) is 0.590. The highest BCUT2D eigenvalue weighted by molar-refractivity contribution is 5.79. The molecule has 0 N–H and O–H groups in total. The summed E-state index contributed by atoms with van der Waals surface area (Å²) in [4.78, 5) is 33.8. The minimum absolute atomic E-state index is 0.0400. The first-order valence-electron chi connectivity index (χ1n) is 15.6. The number of pyridine rings is 1. The lowest BCUT2D eigenvalue weighted by atomic mass is 9.96. The number of ether oxygens (including phenoxy) is 3. The van der Waals surface area contributed by atoms with Crippen LogP contribution in [0.15, 0.2) is 48.5 Å². The molecule has 6 rings (SSSR count). The van der Waals surface area contributed by atoms with Crippen LogP contribution in [0.1, 0.15) is 66.7 Å². The molecule has 1 aromatic heterocycles. The van der Waals surface area contributed by atoms with Crippen LogP contribution in [0.25, 0.3) is 11.1 Å². The third-order valence-corrected chi connectivity index (χ3v) is 9.11. The van der Waals surface area contributed by atoms with Crippen molar-refractivity contribution in [3.8, 4) is 16.9 Å². The van der Waals surface area contributed by atoms with Gasteiger partial charge in [0.1, 0.15) is 17.7 Å². The van der Waals surface area contributed by atoms with E-state index in [2.05, 4.69) is 0 Å². The van der Waals surface area contributed by atoms with Gasteiger partial charge in [0.2, 0.25) is 0 Å². The molecule has 2 saturated heterocycles. The highest BCUT2D eigenvalue weighted by Crippen LogP contribution is 2.50. The van der Waals surface area contributed by atoms with E-state index in [0.29, 0.717) is 46.9 Å². The van der Waals surface area contributed by atoms with Crippen LogP contribution >= 0.6 is 0 Å². The molecule has 14 heteroatoms. The second-order valence-corrected chi connectivity index (χ2v) is 12.2. The van der Waals surface area contributed by atoms with E-state index in [1.54, 1.807) is 13.0 Å². The van der Waals surface area contributed by atoms with Crippen molar-refractivity contribution in [2.75, 3.05) is 31.7 Å². The van der Waals surface area contributed by atoms with E-state index in [1.807, 2.05) is 29.2 Å². The number of carbonyl (C=O) groups is 2. The van der Waals surface area contributed by atoms with Crippen molar-refractivity contribution in [1.82, 2.24) is 9.88 Å². The van der Waals surface area contributed by atoms with E-state index >= 15 is 0 Å². The molecule has 2 aromatic carbocycles. The molecule has 1 amide bonds. The minimum Gasteiger partial charge on any atom is -0.496 e. The molecule has 0 unspecified atom stereocenters. The first-order chi connectivity index (χ1) is 22.7. The molecule has 8 nitrogen and oxygen atoms in total. The maximum Gasteiger partial charge on any atom is 0.416 e. The van der Waals surface area contributed by atoms with Gasteiger partial charge in [-0.1, -0.05) is 6.07 Å². The summed E-state index contributed by atoms with van der Waals surface area (Å²) in [5, 5.41) is 0. The quantitative estimate of drug-likeness (QED) is 0.169.